The maximum absolute atomic E-state index is 10.5. The molecule has 0 atom stereocenters. The Hall–Kier alpha value is -2.17. The van der Waals surface area contributed by atoms with Gasteiger partial charge in [-0.1, -0.05) is 135 Å². The molecule has 0 saturated carbocycles. The maximum atomic E-state index is 10.5. The number of rotatable bonds is 27. The fourth-order valence-electron chi connectivity index (χ4n) is 4.73. The number of unbranched alkanes of at least 4 members (excludes halogenated alkanes) is 20. The Kier molecular flexibility index (Phi) is 21.5. The Morgan fingerprint density at radius 3 is 1.27 bits per heavy atom. The van der Waals surface area contributed by atoms with E-state index in [2.05, 4.69) is 28.4 Å². The van der Waals surface area contributed by atoms with Gasteiger partial charge in [-0.05, 0) is 31.1 Å². The van der Waals surface area contributed by atoms with E-state index in [-0.39, 0.29) is 0 Å². The first-order valence-electron chi connectivity index (χ1n) is 15.3. The van der Waals surface area contributed by atoms with Crippen molar-refractivity contribution in [2.24, 2.45) is 0 Å². The molecule has 5 heteroatoms. The third-order valence-corrected chi connectivity index (χ3v) is 7.03. The highest BCUT2D eigenvalue weighted by Crippen LogP contribution is 2.15. The van der Waals surface area contributed by atoms with Crippen molar-refractivity contribution in [1.29, 1.82) is 0 Å². The zero-order chi connectivity index (χ0) is 26.8. The standard InChI is InChI=1S/C32H55N3O2/c1-3-29-28-30(4-2)35-32(34-29)33-27-25-23-21-19-17-15-13-11-9-7-5-6-8-10-12-14-16-18-20-22-24-26-31(36)37/h3-4,28H,1-2,5-27H2,(H,36,37)(H,33,34,35). The summed E-state index contributed by atoms with van der Waals surface area (Å²) in [5.41, 5.74) is 1.66. The summed E-state index contributed by atoms with van der Waals surface area (Å²) in [6, 6.07) is 1.88. The lowest BCUT2D eigenvalue weighted by Crippen LogP contribution is -2.06. The minimum atomic E-state index is -0.658. The first-order chi connectivity index (χ1) is 18.2. The highest BCUT2D eigenvalue weighted by molar-refractivity contribution is 5.66. The fraction of sp³-hybridized carbons (Fsp3) is 0.719. The summed E-state index contributed by atoms with van der Waals surface area (Å²) < 4.78 is 0. The van der Waals surface area contributed by atoms with Crippen molar-refractivity contribution in [1.82, 2.24) is 9.97 Å². The van der Waals surface area contributed by atoms with Crippen LogP contribution in [0, 0.1) is 0 Å². The van der Waals surface area contributed by atoms with Gasteiger partial charge in [0.15, 0.2) is 0 Å². The largest absolute Gasteiger partial charge is 0.481 e. The molecule has 1 rings (SSSR count). The van der Waals surface area contributed by atoms with Crippen molar-refractivity contribution in [3.8, 4) is 0 Å². The molecule has 0 aliphatic carbocycles. The van der Waals surface area contributed by atoms with Crippen LogP contribution in [0.4, 0.5) is 5.95 Å². The van der Waals surface area contributed by atoms with E-state index in [4.69, 9.17) is 5.11 Å². The molecule has 2 N–H and O–H groups in total. The molecule has 5 nitrogen and oxygen atoms in total. The van der Waals surface area contributed by atoms with E-state index in [1.165, 1.54) is 116 Å². The van der Waals surface area contributed by atoms with Crippen LogP contribution in [0.2, 0.25) is 0 Å². The minimum Gasteiger partial charge on any atom is -0.481 e. The van der Waals surface area contributed by atoms with E-state index in [0.717, 1.165) is 37.2 Å². The molecule has 0 saturated heterocycles. The van der Waals surface area contributed by atoms with Crippen molar-refractivity contribution in [2.75, 3.05) is 11.9 Å². The molecule has 0 unspecified atom stereocenters. The van der Waals surface area contributed by atoms with Crippen LogP contribution in [0.5, 0.6) is 0 Å². The molecule has 0 spiro atoms. The first-order valence-corrected chi connectivity index (χ1v) is 15.3. The van der Waals surface area contributed by atoms with Crippen molar-refractivity contribution < 1.29 is 9.90 Å². The number of carboxylic acids is 1. The van der Waals surface area contributed by atoms with Crippen LogP contribution in [0.25, 0.3) is 12.2 Å². The lowest BCUT2D eigenvalue weighted by molar-refractivity contribution is -0.137. The third kappa shape index (κ3) is 20.6. The number of nitrogens with zero attached hydrogens (tertiary/aromatic N) is 2. The van der Waals surface area contributed by atoms with Crippen LogP contribution < -0.4 is 5.32 Å². The predicted octanol–water partition coefficient (Wildman–Crippen LogP) is 9.84. The second-order valence-electron chi connectivity index (χ2n) is 10.4. The normalized spacial score (nSPS) is 10.9. The van der Waals surface area contributed by atoms with E-state index < -0.39 is 5.97 Å². The Bertz CT molecular complexity index is 694. The molecule has 0 amide bonds. The van der Waals surface area contributed by atoms with Crippen LogP contribution in [0.1, 0.15) is 153 Å². The van der Waals surface area contributed by atoms with Crippen LogP contribution >= 0.6 is 0 Å². The number of nitrogens with one attached hydrogen (secondary N) is 1. The number of carbonyl (C=O) groups is 1. The van der Waals surface area contributed by atoms with Gasteiger partial charge < -0.3 is 10.4 Å². The molecule has 1 aromatic heterocycles. The summed E-state index contributed by atoms with van der Waals surface area (Å²) >= 11 is 0. The third-order valence-electron chi connectivity index (χ3n) is 7.03. The van der Waals surface area contributed by atoms with Gasteiger partial charge in [-0.25, -0.2) is 9.97 Å². The van der Waals surface area contributed by atoms with Gasteiger partial charge in [0.05, 0.1) is 11.4 Å². The zero-order valence-corrected chi connectivity index (χ0v) is 23.7. The lowest BCUT2D eigenvalue weighted by Gasteiger charge is -2.07. The molecular weight excluding hydrogens is 458 g/mol. The van der Waals surface area contributed by atoms with Crippen molar-refractivity contribution >= 4 is 24.1 Å². The number of hydrogen-bond donors (Lipinski definition) is 2. The summed E-state index contributed by atoms with van der Waals surface area (Å²) in [5.74, 6) is 0.0101. The SMILES string of the molecule is C=Cc1cc(C=C)nc(NCCCCCCCCCCCCCCCCCCCCCCCC(=O)O)n1. The van der Waals surface area contributed by atoms with Crippen molar-refractivity contribution in [3.05, 3.63) is 30.6 Å². The number of aliphatic carboxylic acids is 1. The average Bonchev–Trinajstić information content (AvgIpc) is 2.90. The van der Waals surface area contributed by atoms with E-state index in [1.54, 1.807) is 12.2 Å². The highest BCUT2D eigenvalue weighted by Gasteiger charge is 2.01. The summed E-state index contributed by atoms with van der Waals surface area (Å²) in [6.45, 7) is 8.48. The Labute approximate surface area is 227 Å². The van der Waals surface area contributed by atoms with E-state index in [9.17, 15) is 4.79 Å². The van der Waals surface area contributed by atoms with Crippen LogP contribution in [0.3, 0.4) is 0 Å². The van der Waals surface area contributed by atoms with Gasteiger partial charge in [-0.2, -0.15) is 0 Å². The number of carboxylic acid groups (broad SMARTS) is 1. The van der Waals surface area contributed by atoms with Crippen LogP contribution in [-0.4, -0.2) is 27.6 Å². The molecule has 210 valence electrons. The highest BCUT2D eigenvalue weighted by atomic mass is 16.4. The molecule has 1 aromatic rings. The maximum Gasteiger partial charge on any atom is 0.303 e. The smallest absolute Gasteiger partial charge is 0.303 e. The first kappa shape index (κ1) is 32.9. The van der Waals surface area contributed by atoms with Crippen molar-refractivity contribution in [3.63, 3.8) is 0 Å². The fourth-order valence-corrected chi connectivity index (χ4v) is 4.73. The predicted molar refractivity (Wildman–Crippen MR) is 160 cm³/mol. The molecule has 1 heterocycles. The van der Waals surface area contributed by atoms with Gasteiger partial charge in [0.1, 0.15) is 0 Å². The number of anilines is 1. The lowest BCUT2D eigenvalue weighted by atomic mass is 10.0. The Morgan fingerprint density at radius 1 is 0.622 bits per heavy atom. The molecule has 0 fully saturated rings. The monoisotopic (exact) mass is 513 g/mol. The second-order valence-corrected chi connectivity index (χ2v) is 10.4. The molecule has 37 heavy (non-hydrogen) atoms. The quantitative estimate of drug-likeness (QED) is 0.114. The van der Waals surface area contributed by atoms with Gasteiger partial charge in [0.2, 0.25) is 5.95 Å². The van der Waals surface area contributed by atoms with Gasteiger partial charge >= 0.3 is 5.97 Å². The van der Waals surface area contributed by atoms with Crippen LogP contribution in [0.15, 0.2) is 19.2 Å². The Balaban J connectivity index is 1.76. The summed E-state index contributed by atoms with van der Waals surface area (Å²) in [4.78, 5) is 19.3. The second kappa shape index (κ2) is 24.2. The van der Waals surface area contributed by atoms with E-state index >= 15 is 0 Å². The van der Waals surface area contributed by atoms with Gasteiger partial charge in [0, 0.05) is 13.0 Å². The molecule has 0 aliphatic heterocycles. The van der Waals surface area contributed by atoms with E-state index in [1.807, 2.05) is 6.07 Å². The van der Waals surface area contributed by atoms with Gasteiger partial charge in [0.25, 0.3) is 0 Å². The molecule has 0 bridgehead atoms. The number of aromatic nitrogens is 2. The topological polar surface area (TPSA) is 75.1 Å². The number of hydrogen-bond acceptors (Lipinski definition) is 4. The summed E-state index contributed by atoms with van der Waals surface area (Å²) in [6.07, 6.45) is 31.4. The average molecular weight is 514 g/mol. The summed E-state index contributed by atoms with van der Waals surface area (Å²) in [5, 5.41) is 11.9. The van der Waals surface area contributed by atoms with E-state index in [0.29, 0.717) is 12.4 Å². The van der Waals surface area contributed by atoms with Gasteiger partial charge in [-0.15, -0.1) is 0 Å². The van der Waals surface area contributed by atoms with Crippen LogP contribution in [-0.2, 0) is 4.79 Å². The molecule has 0 aliphatic rings. The molecule has 0 radical (unpaired) electrons. The minimum absolute atomic E-state index is 0.335. The molecule has 0 aromatic carbocycles. The summed E-state index contributed by atoms with van der Waals surface area (Å²) in [7, 11) is 0. The van der Waals surface area contributed by atoms with Gasteiger partial charge in [-0.3, -0.25) is 4.79 Å². The molecular formula is C32H55N3O2. The Morgan fingerprint density at radius 2 is 0.946 bits per heavy atom. The van der Waals surface area contributed by atoms with Crippen molar-refractivity contribution in [2.45, 2.75) is 141 Å². The zero-order valence-electron chi connectivity index (χ0n) is 23.7.